The number of rotatable bonds is 6. The van der Waals surface area contributed by atoms with Crippen LogP contribution in [0.25, 0.3) is 0 Å². The van der Waals surface area contributed by atoms with Crippen molar-refractivity contribution >= 4 is 21.4 Å². The zero-order valence-corrected chi connectivity index (χ0v) is 13.0. The van der Waals surface area contributed by atoms with Gasteiger partial charge in [-0.05, 0) is 25.8 Å². The highest BCUT2D eigenvalue weighted by Gasteiger charge is 2.30. The number of nitro groups is 1. The number of sulfonamides is 1. The fraction of sp³-hybridized carbons (Fsp3) is 0.538. The van der Waals surface area contributed by atoms with Gasteiger partial charge in [-0.25, -0.2) is 8.42 Å². The van der Waals surface area contributed by atoms with Crippen molar-refractivity contribution in [2.75, 3.05) is 25.0 Å². The third kappa shape index (κ3) is 3.54. The molecule has 1 fully saturated rings. The first kappa shape index (κ1) is 16.7. The fourth-order valence-corrected chi connectivity index (χ4v) is 4.01. The molecule has 0 aromatic heterocycles. The molecule has 1 aliphatic rings. The highest BCUT2D eigenvalue weighted by Crippen LogP contribution is 2.30. The molecule has 0 saturated carbocycles. The van der Waals surface area contributed by atoms with Gasteiger partial charge in [0.15, 0.2) is 0 Å². The van der Waals surface area contributed by atoms with E-state index in [1.165, 1.54) is 16.4 Å². The summed E-state index contributed by atoms with van der Waals surface area (Å²) in [5, 5.41) is 23.1. The molecule has 0 radical (unpaired) electrons. The van der Waals surface area contributed by atoms with E-state index in [9.17, 15) is 23.6 Å². The number of hydrogen-bond acceptors (Lipinski definition) is 6. The lowest BCUT2D eigenvalue weighted by atomic mass is 10.2. The summed E-state index contributed by atoms with van der Waals surface area (Å²) >= 11 is 0. The maximum Gasteiger partial charge on any atom is 0.270 e. The number of nitrogens with one attached hydrogen (secondary N) is 1. The minimum Gasteiger partial charge on any atom is -0.392 e. The van der Waals surface area contributed by atoms with E-state index in [1.807, 2.05) is 0 Å². The van der Waals surface area contributed by atoms with E-state index >= 15 is 0 Å². The number of aliphatic hydroxyl groups excluding tert-OH is 1. The van der Waals surface area contributed by atoms with Crippen LogP contribution in [0, 0.1) is 10.1 Å². The second-order valence-corrected chi connectivity index (χ2v) is 7.19. The second-order valence-electron chi connectivity index (χ2n) is 5.28. The van der Waals surface area contributed by atoms with Crippen molar-refractivity contribution in [2.45, 2.75) is 30.8 Å². The standard InChI is InChI=1S/C13H19N3O5S/c1-10(17)9-14-12-5-4-11(16(18)19)8-13(12)22(20,21)15-6-2-3-7-15/h4-5,8,10,14,17H,2-3,6-7,9H2,1H3. The van der Waals surface area contributed by atoms with Crippen LogP contribution in [0.5, 0.6) is 0 Å². The van der Waals surface area contributed by atoms with Crippen molar-refractivity contribution < 1.29 is 18.4 Å². The first-order chi connectivity index (χ1) is 10.3. The third-order valence-electron chi connectivity index (χ3n) is 3.45. The zero-order chi connectivity index (χ0) is 16.3. The van der Waals surface area contributed by atoms with E-state index in [4.69, 9.17) is 0 Å². The summed E-state index contributed by atoms with van der Waals surface area (Å²) in [5.41, 5.74) is -0.0150. The highest BCUT2D eigenvalue weighted by molar-refractivity contribution is 7.89. The number of nitrogens with zero attached hydrogens (tertiary/aromatic N) is 2. The van der Waals surface area contributed by atoms with Crippen molar-refractivity contribution in [1.82, 2.24) is 4.31 Å². The average molecular weight is 329 g/mol. The van der Waals surface area contributed by atoms with Crippen LogP contribution < -0.4 is 5.32 Å². The Morgan fingerprint density at radius 1 is 1.41 bits per heavy atom. The molecule has 1 saturated heterocycles. The Hall–Kier alpha value is -1.71. The summed E-state index contributed by atoms with van der Waals surface area (Å²) in [4.78, 5) is 10.2. The minimum atomic E-state index is -3.79. The van der Waals surface area contributed by atoms with Gasteiger partial charge in [0.25, 0.3) is 5.69 Å². The first-order valence-electron chi connectivity index (χ1n) is 7.03. The number of aliphatic hydroxyl groups is 1. The molecule has 1 aliphatic heterocycles. The van der Waals surface area contributed by atoms with Gasteiger partial charge < -0.3 is 10.4 Å². The van der Waals surface area contributed by atoms with E-state index in [0.717, 1.165) is 18.9 Å². The molecule has 22 heavy (non-hydrogen) atoms. The number of anilines is 1. The molecule has 0 spiro atoms. The second kappa shape index (κ2) is 6.59. The van der Waals surface area contributed by atoms with Gasteiger partial charge in [-0.3, -0.25) is 10.1 Å². The Balaban J connectivity index is 2.44. The molecule has 2 rings (SSSR count). The van der Waals surface area contributed by atoms with Crippen molar-refractivity contribution in [3.8, 4) is 0 Å². The third-order valence-corrected chi connectivity index (χ3v) is 5.39. The molecule has 1 heterocycles. The number of non-ortho nitro benzene ring substituents is 1. The van der Waals surface area contributed by atoms with Gasteiger partial charge in [0.05, 0.1) is 16.7 Å². The summed E-state index contributed by atoms with van der Waals surface area (Å²) in [6.45, 7) is 2.55. The lowest BCUT2D eigenvalue weighted by molar-refractivity contribution is -0.385. The Bertz CT molecular complexity index is 654. The fourth-order valence-electron chi connectivity index (χ4n) is 2.31. The van der Waals surface area contributed by atoms with E-state index in [-0.39, 0.29) is 22.8 Å². The van der Waals surface area contributed by atoms with Crippen LogP contribution in [0.4, 0.5) is 11.4 Å². The maximum absolute atomic E-state index is 12.7. The predicted molar refractivity (Wildman–Crippen MR) is 81.3 cm³/mol. The number of hydrogen-bond donors (Lipinski definition) is 2. The molecule has 1 aromatic rings. The Labute approximate surface area is 128 Å². The van der Waals surface area contributed by atoms with Gasteiger partial charge in [0.2, 0.25) is 10.0 Å². The van der Waals surface area contributed by atoms with Crippen LogP contribution >= 0.6 is 0 Å². The topological polar surface area (TPSA) is 113 Å². The lowest BCUT2D eigenvalue weighted by Crippen LogP contribution is -2.29. The van der Waals surface area contributed by atoms with Gasteiger partial charge in [-0.15, -0.1) is 0 Å². The van der Waals surface area contributed by atoms with Crippen LogP contribution in [0.2, 0.25) is 0 Å². The molecular weight excluding hydrogens is 310 g/mol. The number of nitro benzene ring substituents is 1. The summed E-state index contributed by atoms with van der Waals surface area (Å²) in [7, 11) is -3.79. The summed E-state index contributed by atoms with van der Waals surface area (Å²) in [6.07, 6.45) is 0.896. The summed E-state index contributed by atoms with van der Waals surface area (Å²) in [6, 6.07) is 3.68. The molecule has 1 atom stereocenters. The molecule has 0 aliphatic carbocycles. The predicted octanol–water partition coefficient (Wildman–Crippen LogP) is 1.17. The first-order valence-corrected chi connectivity index (χ1v) is 8.47. The largest absolute Gasteiger partial charge is 0.392 e. The zero-order valence-electron chi connectivity index (χ0n) is 12.2. The van der Waals surface area contributed by atoms with E-state index in [1.54, 1.807) is 6.92 Å². The maximum atomic E-state index is 12.7. The van der Waals surface area contributed by atoms with Gasteiger partial charge in [0, 0.05) is 31.8 Å². The van der Waals surface area contributed by atoms with Crippen LogP contribution in [-0.4, -0.2) is 48.5 Å². The van der Waals surface area contributed by atoms with Gasteiger partial charge >= 0.3 is 0 Å². The van der Waals surface area contributed by atoms with E-state index in [2.05, 4.69) is 5.32 Å². The van der Waals surface area contributed by atoms with Crippen LogP contribution in [0.3, 0.4) is 0 Å². The highest BCUT2D eigenvalue weighted by atomic mass is 32.2. The molecular formula is C13H19N3O5S. The van der Waals surface area contributed by atoms with Crippen molar-refractivity contribution in [3.63, 3.8) is 0 Å². The van der Waals surface area contributed by atoms with E-state index in [0.29, 0.717) is 13.1 Å². The summed E-state index contributed by atoms with van der Waals surface area (Å²) < 4.78 is 26.7. The monoisotopic (exact) mass is 329 g/mol. The van der Waals surface area contributed by atoms with Crippen molar-refractivity contribution in [1.29, 1.82) is 0 Å². The molecule has 1 unspecified atom stereocenters. The van der Waals surface area contributed by atoms with Gasteiger partial charge in [0.1, 0.15) is 4.90 Å². The van der Waals surface area contributed by atoms with Crippen molar-refractivity contribution in [2.24, 2.45) is 0 Å². The number of benzene rings is 1. The SMILES string of the molecule is CC(O)CNc1ccc([N+](=O)[O-])cc1S(=O)(=O)N1CCCC1. The van der Waals surface area contributed by atoms with Crippen LogP contribution in [0.1, 0.15) is 19.8 Å². The van der Waals surface area contributed by atoms with Gasteiger partial charge in [-0.2, -0.15) is 4.31 Å². The molecule has 8 nitrogen and oxygen atoms in total. The smallest absolute Gasteiger partial charge is 0.270 e. The van der Waals surface area contributed by atoms with Crippen LogP contribution in [0.15, 0.2) is 23.1 Å². The Morgan fingerprint density at radius 2 is 2.05 bits per heavy atom. The lowest BCUT2D eigenvalue weighted by Gasteiger charge is -2.19. The molecule has 0 bridgehead atoms. The molecule has 9 heteroatoms. The van der Waals surface area contributed by atoms with Crippen molar-refractivity contribution in [3.05, 3.63) is 28.3 Å². The van der Waals surface area contributed by atoms with E-state index < -0.39 is 21.1 Å². The van der Waals surface area contributed by atoms with Crippen LogP contribution in [-0.2, 0) is 10.0 Å². The summed E-state index contributed by atoms with van der Waals surface area (Å²) in [5.74, 6) is 0. The molecule has 1 aromatic carbocycles. The van der Waals surface area contributed by atoms with Gasteiger partial charge in [-0.1, -0.05) is 0 Å². The Morgan fingerprint density at radius 3 is 2.59 bits per heavy atom. The molecule has 2 N–H and O–H groups in total. The molecule has 122 valence electrons. The quantitative estimate of drug-likeness (QED) is 0.598. The average Bonchev–Trinajstić information content (AvgIpc) is 2.99. The Kier molecular flexibility index (Phi) is 4.99. The minimum absolute atomic E-state index is 0.121. The normalized spacial score (nSPS) is 17.4. The molecule has 0 amide bonds.